The third-order valence-corrected chi connectivity index (χ3v) is 4.94. The monoisotopic (exact) mass is 409 g/mol. The van der Waals surface area contributed by atoms with E-state index in [4.69, 9.17) is 11.6 Å². The number of hydrogen-bond donors (Lipinski definition) is 1. The van der Waals surface area contributed by atoms with Gasteiger partial charge in [-0.1, -0.05) is 82.7 Å². The molecular weight excluding hydrogens is 379 g/mol. The first-order chi connectivity index (χ1) is 12.8. The Morgan fingerprint density at radius 1 is 1.00 bits per heavy atom. The van der Waals surface area contributed by atoms with E-state index in [1.165, 1.54) is 51.4 Å². The smallest absolute Gasteiger partial charge is 0.422 e. The van der Waals surface area contributed by atoms with Crippen molar-refractivity contribution >= 4 is 17.6 Å². The molecule has 27 heavy (non-hydrogen) atoms. The van der Waals surface area contributed by atoms with E-state index in [0.717, 1.165) is 24.8 Å². The SMILES string of the molecule is CCCCCCCCCCCCCc1c[nH]c(C(=O)OCC(F)(F)F)c1Cl. The molecule has 0 amide bonds. The summed E-state index contributed by atoms with van der Waals surface area (Å²) in [5.41, 5.74) is 0.630. The Hall–Kier alpha value is -1.17. The molecule has 0 aliphatic rings. The molecule has 0 aliphatic heterocycles. The highest BCUT2D eigenvalue weighted by molar-refractivity contribution is 6.34. The Morgan fingerprint density at radius 2 is 1.52 bits per heavy atom. The summed E-state index contributed by atoms with van der Waals surface area (Å²) in [6.07, 6.45) is 11.3. The summed E-state index contributed by atoms with van der Waals surface area (Å²) in [6.45, 7) is 0.607. The van der Waals surface area contributed by atoms with Crippen LogP contribution in [0.1, 0.15) is 93.6 Å². The van der Waals surface area contributed by atoms with Gasteiger partial charge in [-0.05, 0) is 18.4 Å². The molecule has 0 aliphatic carbocycles. The number of alkyl halides is 3. The molecule has 0 saturated carbocycles. The molecular formula is C20H31ClF3NO2. The minimum atomic E-state index is -4.55. The van der Waals surface area contributed by atoms with Crippen molar-refractivity contribution in [3.05, 3.63) is 22.5 Å². The zero-order valence-electron chi connectivity index (χ0n) is 16.1. The van der Waals surface area contributed by atoms with Gasteiger partial charge in [-0.2, -0.15) is 13.2 Å². The summed E-state index contributed by atoms with van der Waals surface area (Å²) in [7, 11) is 0. The predicted octanol–water partition coefficient (Wildman–Crippen LogP) is 7.24. The lowest BCUT2D eigenvalue weighted by atomic mass is 10.0. The van der Waals surface area contributed by atoms with Crippen LogP contribution in [-0.4, -0.2) is 23.7 Å². The van der Waals surface area contributed by atoms with E-state index >= 15 is 0 Å². The van der Waals surface area contributed by atoms with Crippen LogP contribution in [-0.2, 0) is 11.2 Å². The van der Waals surface area contributed by atoms with Crippen LogP contribution < -0.4 is 0 Å². The molecule has 0 radical (unpaired) electrons. The molecule has 0 fully saturated rings. The molecule has 3 nitrogen and oxygen atoms in total. The molecule has 0 atom stereocenters. The Kier molecular flexibility index (Phi) is 11.6. The number of hydrogen-bond acceptors (Lipinski definition) is 2. The summed E-state index contributed by atoms with van der Waals surface area (Å²) in [4.78, 5) is 14.3. The first-order valence-electron chi connectivity index (χ1n) is 9.94. The Morgan fingerprint density at radius 3 is 2.04 bits per heavy atom. The van der Waals surface area contributed by atoms with Gasteiger partial charge >= 0.3 is 12.1 Å². The van der Waals surface area contributed by atoms with Crippen LogP contribution in [0.4, 0.5) is 13.2 Å². The van der Waals surface area contributed by atoms with E-state index in [2.05, 4.69) is 16.6 Å². The number of ether oxygens (including phenoxy) is 1. The van der Waals surface area contributed by atoms with Gasteiger partial charge in [0, 0.05) is 6.20 Å². The van der Waals surface area contributed by atoms with Crippen molar-refractivity contribution in [2.75, 3.05) is 6.61 Å². The average molecular weight is 410 g/mol. The molecule has 7 heteroatoms. The Labute approximate surface area is 165 Å². The van der Waals surface area contributed by atoms with Crippen molar-refractivity contribution in [3.8, 4) is 0 Å². The molecule has 1 N–H and O–H groups in total. The molecule has 0 aromatic carbocycles. The first kappa shape index (κ1) is 23.9. The maximum absolute atomic E-state index is 12.1. The van der Waals surface area contributed by atoms with E-state index in [9.17, 15) is 18.0 Å². The normalized spacial score (nSPS) is 11.7. The highest BCUT2D eigenvalue weighted by Gasteiger charge is 2.30. The summed E-state index contributed by atoms with van der Waals surface area (Å²) in [5, 5.41) is 0.161. The maximum atomic E-state index is 12.1. The van der Waals surface area contributed by atoms with Gasteiger partial charge in [-0.3, -0.25) is 0 Å². The number of H-pyrrole nitrogens is 1. The zero-order valence-corrected chi connectivity index (χ0v) is 16.9. The number of unbranched alkanes of at least 4 members (excludes halogenated alkanes) is 10. The van der Waals surface area contributed by atoms with Gasteiger partial charge in [-0.15, -0.1) is 0 Å². The molecule has 0 bridgehead atoms. The van der Waals surface area contributed by atoms with Gasteiger partial charge in [0.2, 0.25) is 0 Å². The van der Waals surface area contributed by atoms with Crippen LogP contribution >= 0.6 is 11.6 Å². The lowest BCUT2D eigenvalue weighted by Crippen LogP contribution is -2.20. The van der Waals surface area contributed by atoms with Gasteiger partial charge < -0.3 is 9.72 Å². The summed E-state index contributed by atoms with van der Waals surface area (Å²) in [6, 6.07) is 0. The third-order valence-electron chi connectivity index (χ3n) is 4.51. The molecule has 0 saturated heterocycles. The highest BCUT2D eigenvalue weighted by Crippen LogP contribution is 2.24. The number of carbonyl (C=O) groups is 1. The number of carbonyl (C=O) groups excluding carboxylic acids is 1. The largest absolute Gasteiger partial charge is 0.451 e. The number of aromatic amines is 1. The van der Waals surface area contributed by atoms with E-state index in [1.807, 2.05) is 0 Å². The topological polar surface area (TPSA) is 42.1 Å². The van der Waals surface area contributed by atoms with Crippen LogP contribution in [0, 0.1) is 0 Å². The Bertz CT molecular complexity index is 544. The summed E-state index contributed by atoms with van der Waals surface area (Å²) < 4.78 is 40.5. The van der Waals surface area contributed by atoms with Crippen LogP contribution in [0.5, 0.6) is 0 Å². The van der Waals surface area contributed by atoms with E-state index < -0.39 is 18.8 Å². The lowest BCUT2D eigenvalue weighted by molar-refractivity contribution is -0.161. The zero-order chi connectivity index (χ0) is 20.1. The van der Waals surface area contributed by atoms with E-state index in [0.29, 0.717) is 6.42 Å². The second-order valence-electron chi connectivity index (χ2n) is 6.98. The quantitative estimate of drug-likeness (QED) is 0.260. The van der Waals surface area contributed by atoms with Crippen molar-refractivity contribution in [1.82, 2.24) is 4.98 Å². The number of aryl methyl sites for hydroxylation is 1. The number of halogens is 4. The maximum Gasteiger partial charge on any atom is 0.422 e. The molecule has 1 aromatic rings. The fourth-order valence-corrected chi connectivity index (χ4v) is 3.26. The molecule has 0 unspecified atom stereocenters. The minimum Gasteiger partial charge on any atom is -0.451 e. The Balaban J connectivity index is 2.16. The lowest BCUT2D eigenvalue weighted by Gasteiger charge is -2.07. The van der Waals surface area contributed by atoms with Crippen molar-refractivity contribution in [2.24, 2.45) is 0 Å². The third kappa shape index (κ3) is 10.7. The fraction of sp³-hybridized carbons (Fsp3) is 0.750. The van der Waals surface area contributed by atoms with Crippen molar-refractivity contribution in [3.63, 3.8) is 0 Å². The molecule has 0 spiro atoms. The van der Waals surface area contributed by atoms with Crippen molar-refractivity contribution < 1.29 is 22.7 Å². The minimum absolute atomic E-state index is 0.112. The molecule has 1 heterocycles. The standard InChI is InChI=1S/C20H31ClF3NO2/c1-2-3-4-5-6-7-8-9-10-11-12-13-16-14-25-18(17(16)21)19(26)27-15-20(22,23)24/h14,25H,2-13,15H2,1H3. The highest BCUT2D eigenvalue weighted by atomic mass is 35.5. The first-order valence-corrected chi connectivity index (χ1v) is 10.3. The van der Waals surface area contributed by atoms with E-state index in [-0.39, 0.29) is 10.7 Å². The van der Waals surface area contributed by atoms with Crippen LogP contribution in [0.25, 0.3) is 0 Å². The van der Waals surface area contributed by atoms with Gasteiger partial charge in [-0.25, -0.2) is 4.79 Å². The predicted molar refractivity (Wildman–Crippen MR) is 102 cm³/mol. The molecule has 1 rings (SSSR count). The van der Waals surface area contributed by atoms with E-state index in [1.54, 1.807) is 6.20 Å². The number of aromatic nitrogens is 1. The van der Waals surface area contributed by atoms with Crippen LogP contribution in [0.2, 0.25) is 5.02 Å². The van der Waals surface area contributed by atoms with Gasteiger partial charge in [0.1, 0.15) is 5.69 Å². The van der Waals surface area contributed by atoms with Crippen LogP contribution in [0.15, 0.2) is 6.20 Å². The summed E-state index contributed by atoms with van der Waals surface area (Å²) in [5.74, 6) is -1.08. The molecule has 1 aromatic heterocycles. The average Bonchev–Trinajstić information content (AvgIpc) is 2.98. The van der Waals surface area contributed by atoms with Crippen molar-refractivity contribution in [2.45, 2.75) is 90.1 Å². The van der Waals surface area contributed by atoms with Gasteiger partial charge in [0.05, 0.1) is 5.02 Å². The number of esters is 1. The number of nitrogens with one attached hydrogen (secondary N) is 1. The second-order valence-corrected chi connectivity index (χ2v) is 7.36. The number of rotatable bonds is 14. The van der Waals surface area contributed by atoms with Crippen LogP contribution in [0.3, 0.4) is 0 Å². The summed E-state index contributed by atoms with van der Waals surface area (Å²) >= 11 is 6.09. The second kappa shape index (κ2) is 13.1. The molecule has 156 valence electrons. The van der Waals surface area contributed by atoms with Gasteiger partial charge in [0.25, 0.3) is 0 Å². The fourth-order valence-electron chi connectivity index (χ4n) is 2.98. The van der Waals surface area contributed by atoms with Crippen molar-refractivity contribution in [1.29, 1.82) is 0 Å². The van der Waals surface area contributed by atoms with Gasteiger partial charge in [0.15, 0.2) is 6.61 Å².